The first kappa shape index (κ1) is 13.9. The van der Waals surface area contributed by atoms with Crippen LogP contribution in [0.3, 0.4) is 0 Å². The average Bonchev–Trinajstić information content (AvgIpc) is 2.46. The molecule has 1 aromatic rings. The first-order chi connectivity index (χ1) is 9.26. The predicted molar refractivity (Wildman–Crippen MR) is 76.5 cm³/mol. The molecule has 1 aliphatic carbocycles. The minimum atomic E-state index is 0.130. The number of aromatic nitrogens is 1. The lowest BCUT2D eigenvalue weighted by molar-refractivity contribution is 0.289. The molecule has 1 saturated carbocycles. The molecular weight excluding hydrogens is 242 g/mol. The number of aliphatic hydroxyl groups is 1. The molecule has 0 bridgehead atoms. The Bertz CT molecular complexity index is 406. The number of methoxy groups -OCH3 is 1. The summed E-state index contributed by atoms with van der Waals surface area (Å²) in [6, 6.07) is 4.18. The molecule has 1 heterocycles. The van der Waals surface area contributed by atoms with Gasteiger partial charge in [0, 0.05) is 12.6 Å². The summed E-state index contributed by atoms with van der Waals surface area (Å²) in [4.78, 5) is 6.63. The first-order valence-corrected chi connectivity index (χ1v) is 6.94. The van der Waals surface area contributed by atoms with E-state index < -0.39 is 0 Å². The van der Waals surface area contributed by atoms with Crippen LogP contribution in [0.1, 0.15) is 32.1 Å². The van der Waals surface area contributed by atoms with Gasteiger partial charge in [-0.2, -0.15) is 4.98 Å². The SMILES string of the molecule is COc1nc(N(CCO)C2CCCCC2)ccc1N. The molecule has 0 radical (unpaired) electrons. The van der Waals surface area contributed by atoms with Gasteiger partial charge in [-0.25, -0.2) is 0 Å². The van der Waals surface area contributed by atoms with Crippen LogP contribution in [0, 0.1) is 0 Å². The van der Waals surface area contributed by atoms with Gasteiger partial charge >= 0.3 is 0 Å². The highest BCUT2D eigenvalue weighted by atomic mass is 16.5. The molecule has 3 N–H and O–H groups in total. The highest BCUT2D eigenvalue weighted by molar-refractivity contribution is 5.55. The second-order valence-electron chi connectivity index (χ2n) is 4.98. The van der Waals surface area contributed by atoms with Crippen molar-refractivity contribution in [3.63, 3.8) is 0 Å². The van der Waals surface area contributed by atoms with Gasteiger partial charge in [-0.1, -0.05) is 19.3 Å². The topological polar surface area (TPSA) is 71.6 Å². The number of hydrogen-bond donors (Lipinski definition) is 2. The van der Waals surface area contributed by atoms with Crippen molar-refractivity contribution >= 4 is 11.5 Å². The van der Waals surface area contributed by atoms with E-state index in [1.165, 1.54) is 19.3 Å². The molecule has 0 unspecified atom stereocenters. The zero-order chi connectivity index (χ0) is 13.7. The lowest BCUT2D eigenvalue weighted by Crippen LogP contribution is -2.39. The fourth-order valence-corrected chi connectivity index (χ4v) is 2.75. The second-order valence-corrected chi connectivity index (χ2v) is 4.98. The van der Waals surface area contributed by atoms with E-state index in [0.717, 1.165) is 18.7 Å². The number of nitrogen functional groups attached to an aromatic ring is 1. The van der Waals surface area contributed by atoms with Gasteiger partial charge in [-0.15, -0.1) is 0 Å². The summed E-state index contributed by atoms with van der Waals surface area (Å²) in [5, 5.41) is 9.28. The van der Waals surface area contributed by atoms with Crippen LogP contribution in [0.5, 0.6) is 5.88 Å². The van der Waals surface area contributed by atoms with Crippen LogP contribution in [-0.2, 0) is 0 Å². The maximum absolute atomic E-state index is 9.28. The third-order valence-electron chi connectivity index (χ3n) is 3.72. The summed E-state index contributed by atoms with van der Waals surface area (Å²) < 4.78 is 5.18. The highest BCUT2D eigenvalue weighted by Crippen LogP contribution is 2.29. The molecule has 0 aliphatic heterocycles. The van der Waals surface area contributed by atoms with Crippen LogP contribution in [0.15, 0.2) is 12.1 Å². The zero-order valence-electron chi connectivity index (χ0n) is 11.5. The van der Waals surface area contributed by atoms with Crippen molar-refractivity contribution in [3.8, 4) is 5.88 Å². The maximum atomic E-state index is 9.28. The number of ether oxygens (including phenoxy) is 1. The molecular formula is C14H23N3O2. The predicted octanol–water partition coefficient (Wildman–Crippen LogP) is 1.80. The number of rotatable bonds is 5. The zero-order valence-corrected chi connectivity index (χ0v) is 11.5. The van der Waals surface area contributed by atoms with Crippen LogP contribution in [0.2, 0.25) is 0 Å². The fraction of sp³-hybridized carbons (Fsp3) is 0.643. The molecule has 0 saturated heterocycles. The quantitative estimate of drug-likeness (QED) is 0.849. The van der Waals surface area contributed by atoms with E-state index in [2.05, 4.69) is 9.88 Å². The summed E-state index contributed by atoms with van der Waals surface area (Å²) in [5.74, 6) is 1.29. The minimum Gasteiger partial charge on any atom is -0.479 e. The largest absolute Gasteiger partial charge is 0.479 e. The van der Waals surface area contributed by atoms with Gasteiger partial charge in [0.2, 0.25) is 5.88 Å². The van der Waals surface area contributed by atoms with Gasteiger partial charge in [0.1, 0.15) is 5.82 Å². The molecule has 106 valence electrons. The molecule has 1 aliphatic rings. The first-order valence-electron chi connectivity index (χ1n) is 6.94. The fourth-order valence-electron chi connectivity index (χ4n) is 2.75. The number of pyridine rings is 1. The molecule has 0 atom stereocenters. The summed E-state index contributed by atoms with van der Waals surface area (Å²) >= 11 is 0. The normalized spacial score (nSPS) is 16.3. The summed E-state index contributed by atoms with van der Waals surface area (Å²) in [6.07, 6.45) is 6.13. The van der Waals surface area contributed by atoms with Crippen LogP contribution in [0.4, 0.5) is 11.5 Å². The third-order valence-corrected chi connectivity index (χ3v) is 3.72. The van der Waals surface area contributed by atoms with E-state index in [0.29, 0.717) is 24.2 Å². The van der Waals surface area contributed by atoms with E-state index >= 15 is 0 Å². The van der Waals surface area contributed by atoms with E-state index in [1.54, 1.807) is 7.11 Å². The Kier molecular flexibility index (Phi) is 4.85. The smallest absolute Gasteiger partial charge is 0.238 e. The standard InChI is InChI=1S/C14H23N3O2/c1-19-14-12(15)7-8-13(16-14)17(9-10-18)11-5-3-2-4-6-11/h7-8,11,18H,2-6,9-10,15H2,1H3. The molecule has 1 fully saturated rings. The third kappa shape index (κ3) is 3.29. The van der Waals surface area contributed by atoms with Gasteiger partial charge in [0.15, 0.2) is 0 Å². The lowest BCUT2D eigenvalue weighted by atomic mass is 9.94. The number of nitrogens with zero attached hydrogens (tertiary/aromatic N) is 2. The van der Waals surface area contributed by atoms with Crippen molar-refractivity contribution < 1.29 is 9.84 Å². The van der Waals surface area contributed by atoms with Crippen molar-refractivity contribution in [2.75, 3.05) is 30.9 Å². The second kappa shape index (κ2) is 6.61. The van der Waals surface area contributed by atoms with E-state index in [4.69, 9.17) is 10.5 Å². The van der Waals surface area contributed by atoms with Gasteiger partial charge < -0.3 is 20.5 Å². The van der Waals surface area contributed by atoms with Crippen LogP contribution >= 0.6 is 0 Å². The number of anilines is 2. The molecule has 0 amide bonds. The average molecular weight is 265 g/mol. The Hall–Kier alpha value is -1.49. The Labute approximate surface area is 114 Å². The van der Waals surface area contributed by atoms with Crippen molar-refractivity contribution in [1.29, 1.82) is 0 Å². The van der Waals surface area contributed by atoms with Crippen molar-refractivity contribution in [3.05, 3.63) is 12.1 Å². The summed E-state index contributed by atoms with van der Waals surface area (Å²) in [5.41, 5.74) is 6.34. The monoisotopic (exact) mass is 265 g/mol. The molecule has 5 heteroatoms. The maximum Gasteiger partial charge on any atom is 0.238 e. The van der Waals surface area contributed by atoms with E-state index in [-0.39, 0.29) is 6.61 Å². The number of hydrogen-bond acceptors (Lipinski definition) is 5. The molecule has 5 nitrogen and oxygen atoms in total. The van der Waals surface area contributed by atoms with E-state index in [9.17, 15) is 5.11 Å². The van der Waals surface area contributed by atoms with Crippen LogP contribution in [-0.4, -0.2) is 36.4 Å². The highest BCUT2D eigenvalue weighted by Gasteiger charge is 2.22. The lowest BCUT2D eigenvalue weighted by Gasteiger charge is -2.35. The van der Waals surface area contributed by atoms with Crippen molar-refractivity contribution in [2.24, 2.45) is 0 Å². The van der Waals surface area contributed by atoms with Gasteiger partial charge in [0.25, 0.3) is 0 Å². The summed E-state index contributed by atoms with van der Waals surface area (Å²) in [7, 11) is 1.57. The Morgan fingerprint density at radius 2 is 2.11 bits per heavy atom. The van der Waals surface area contributed by atoms with E-state index in [1.807, 2.05) is 12.1 Å². The summed E-state index contributed by atoms with van der Waals surface area (Å²) in [6.45, 7) is 0.732. The van der Waals surface area contributed by atoms with Crippen molar-refractivity contribution in [1.82, 2.24) is 4.98 Å². The number of nitrogens with two attached hydrogens (primary N) is 1. The van der Waals surface area contributed by atoms with Crippen LogP contribution in [0.25, 0.3) is 0 Å². The molecule has 0 aromatic carbocycles. The van der Waals surface area contributed by atoms with Gasteiger partial charge in [-0.3, -0.25) is 0 Å². The Morgan fingerprint density at radius 3 is 2.74 bits per heavy atom. The minimum absolute atomic E-state index is 0.130. The molecule has 19 heavy (non-hydrogen) atoms. The molecule has 0 spiro atoms. The molecule has 2 rings (SSSR count). The van der Waals surface area contributed by atoms with Gasteiger partial charge in [-0.05, 0) is 25.0 Å². The van der Waals surface area contributed by atoms with Gasteiger partial charge in [0.05, 0.1) is 19.4 Å². The Balaban J connectivity index is 2.22. The molecule has 1 aromatic heterocycles. The Morgan fingerprint density at radius 1 is 1.37 bits per heavy atom. The number of aliphatic hydroxyl groups excluding tert-OH is 1. The van der Waals surface area contributed by atoms with Crippen molar-refractivity contribution in [2.45, 2.75) is 38.1 Å². The van der Waals surface area contributed by atoms with Crippen LogP contribution < -0.4 is 15.4 Å².